The van der Waals surface area contributed by atoms with E-state index < -0.39 is 31.1 Å². The van der Waals surface area contributed by atoms with E-state index >= 15 is 0 Å². The van der Waals surface area contributed by atoms with Gasteiger partial charge in [-0.1, -0.05) is 82.7 Å². The maximum atomic E-state index is 12.7. The third-order valence-corrected chi connectivity index (χ3v) is 11.5. The summed E-state index contributed by atoms with van der Waals surface area (Å²) >= 11 is 5.94. The third-order valence-electron chi connectivity index (χ3n) is 8.59. The predicted octanol–water partition coefficient (Wildman–Crippen LogP) is 5.08. The Morgan fingerprint density at radius 3 is 2.50 bits per heavy atom. The van der Waals surface area contributed by atoms with Gasteiger partial charge in [0.15, 0.2) is 0 Å². The van der Waals surface area contributed by atoms with Crippen molar-refractivity contribution in [1.29, 1.82) is 0 Å². The number of hydrogen-bond donors (Lipinski definition) is 4. The van der Waals surface area contributed by atoms with Crippen LogP contribution in [0.3, 0.4) is 0 Å². The highest BCUT2D eigenvalue weighted by molar-refractivity contribution is 7.90. The monoisotopic (exact) mass is 722 g/mol. The third kappa shape index (κ3) is 10.0. The molecule has 0 bridgehead atoms. The van der Waals surface area contributed by atoms with Gasteiger partial charge >= 0.3 is 0 Å². The molecule has 2 aromatic carbocycles. The van der Waals surface area contributed by atoms with Gasteiger partial charge in [-0.3, -0.25) is 4.79 Å². The molecular formula is C33H47ClN6O6S2. The molecule has 0 spiro atoms. The van der Waals surface area contributed by atoms with Crippen molar-refractivity contribution in [3.05, 3.63) is 53.1 Å². The maximum absolute atomic E-state index is 12.7. The molecule has 1 amide bonds. The van der Waals surface area contributed by atoms with Gasteiger partial charge in [0, 0.05) is 24.5 Å². The number of hydrogen-bond acceptors (Lipinski definition) is 9. The second-order valence-corrected chi connectivity index (χ2v) is 15.7. The minimum Gasteiger partial charge on any atom is -0.478 e. The van der Waals surface area contributed by atoms with Crippen LogP contribution in [0.2, 0.25) is 5.02 Å². The highest BCUT2D eigenvalue weighted by Gasteiger charge is 2.33. The quantitative estimate of drug-likeness (QED) is 0.176. The highest BCUT2D eigenvalue weighted by Crippen LogP contribution is 2.36. The second kappa shape index (κ2) is 17.1. The summed E-state index contributed by atoms with van der Waals surface area (Å²) in [6.45, 7) is 10.4. The zero-order valence-corrected chi connectivity index (χ0v) is 30.2. The van der Waals surface area contributed by atoms with Crippen molar-refractivity contribution in [2.24, 2.45) is 11.1 Å². The lowest BCUT2D eigenvalue weighted by Gasteiger charge is -2.30. The van der Waals surface area contributed by atoms with Crippen molar-refractivity contribution in [3.8, 4) is 5.88 Å². The summed E-state index contributed by atoms with van der Waals surface area (Å²) in [4.78, 5) is 18.9. The first kappa shape index (κ1) is 37.8. The first-order valence-electron chi connectivity index (χ1n) is 16.5. The number of likely N-dealkylation sites (N-methyl/N-ethyl adjacent to an activating group) is 1. The van der Waals surface area contributed by atoms with Crippen molar-refractivity contribution in [2.45, 2.75) is 81.7 Å². The van der Waals surface area contributed by atoms with Crippen molar-refractivity contribution >= 4 is 54.1 Å². The number of anilines is 1. The van der Waals surface area contributed by atoms with Gasteiger partial charge in [0.25, 0.3) is 5.91 Å². The Bertz CT molecular complexity index is 1780. The Morgan fingerprint density at radius 1 is 1.12 bits per heavy atom. The average molecular weight is 723 g/mol. The molecule has 264 valence electrons. The van der Waals surface area contributed by atoms with E-state index in [-0.39, 0.29) is 15.8 Å². The molecule has 1 aromatic heterocycles. The number of primary sulfonamides is 1. The van der Waals surface area contributed by atoms with E-state index in [1.807, 2.05) is 24.3 Å². The molecule has 12 nitrogen and oxygen atoms in total. The fraction of sp³-hybridized carbons (Fsp3) is 0.515. The molecule has 2 heterocycles. The Balaban J connectivity index is 0.000000217. The smallest absolute Gasteiger partial charge is 0.252 e. The van der Waals surface area contributed by atoms with Gasteiger partial charge in [0.1, 0.15) is 9.79 Å². The van der Waals surface area contributed by atoms with Crippen LogP contribution in [-0.2, 0) is 20.0 Å². The molecule has 1 fully saturated rings. The molecule has 1 aliphatic heterocycles. The Morgan fingerprint density at radius 2 is 1.83 bits per heavy atom. The van der Waals surface area contributed by atoms with Gasteiger partial charge in [-0.2, -0.15) is 4.72 Å². The summed E-state index contributed by atoms with van der Waals surface area (Å²) < 4.78 is 56.1. The fourth-order valence-corrected chi connectivity index (χ4v) is 8.45. The summed E-state index contributed by atoms with van der Waals surface area (Å²) in [6.07, 6.45) is 6.83. The van der Waals surface area contributed by atoms with Crippen LogP contribution in [0.5, 0.6) is 5.88 Å². The van der Waals surface area contributed by atoms with Crippen molar-refractivity contribution in [1.82, 2.24) is 19.9 Å². The molecule has 5 rings (SSSR count). The molecular weight excluding hydrogens is 676 g/mol. The van der Waals surface area contributed by atoms with Crippen LogP contribution in [0.15, 0.2) is 52.3 Å². The number of benzene rings is 2. The van der Waals surface area contributed by atoms with Gasteiger partial charge in [-0.25, -0.2) is 27.0 Å². The topological polar surface area (TPSA) is 173 Å². The van der Waals surface area contributed by atoms with Crippen LogP contribution in [0.25, 0.3) is 10.9 Å². The molecule has 1 saturated carbocycles. The van der Waals surface area contributed by atoms with E-state index in [1.165, 1.54) is 18.9 Å². The Hall–Kier alpha value is -3.01. The Labute approximate surface area is 289 Å². The number of rotatable bonds is 13. The van der Waals surface area contributed by atoms with Gasteiger partial charge in [-0.15, -0.1) is 0 Å². The van der Waals surface area contributed by atoms with E-state index in [0.717, 1.165) is 62.3 Å². The van der Waals surface area contributed by atoms with Gasteiger partial charge in [0.2, 0.25) is 25.9 Å². The minimum absolute atomic E-state index is 0.0777. The first-order valence-corrected chi connectivity index (χ1v) is 19.9. The molecule has 1 unspecified atom stereocenters. The molecule has 0 saturated heterocycles. The van der Waals surface area contributed by atoms with E-state index in [4.69, 9.17) is 21.5 Å². The summed E-state index contributed by atoms with van der Waals surface area (Å²) in [5.74, 6) is 0.919. The van der Waals surface area contributed by atoms with Gasteiger partial charge in [-0.05, 0) is 50.0 Å². The lowest BCUT2D eigenvalue weighted by atomic mass is 10.0. The summed E-state index contributed by atoms with van der Waals surface area (Å²) in [5.41, 5.74) is 1.70. The number of sulfonamides is 2. The summed E-state index contributed by atoms with van der Waals surface area (Å²) in [6, 6.07) is 11.7. The standard InChI is InChI=1S/C20H29N3O2.C13H18ClN3O4S2/c1-4-7-14-25-19-15-17(16-10-8-9-11-18(16)22-19)20(24)21-12-13-23(5-2)6-3;14-9-6-10-12(7-11(9)22(15,18)19)23(20,21)17-13(16-10)5-8-3-1-2-4-8/h8-11,15H,4-7,12-14H2,1-3H3,(H,21,24);6-8,13,16-17H,1-5H2,(H2,15,18,19). The molecule has 0 radical (unpaired) electrons. The molecule has 15 heteroatoms. The number of para-hydroxylation sites is 1. The normalized spacial score (nSPS) is 17.3. The number of nitrogens with one attached hydrogen (secondary N) is 3. The van der Waals surface area contributed by atoms with E-state index in [9.17, 15) is 21.6 Å². The SMILES string of the molecule is CCCCOc1cc(C(=O)NCCN(CC)CC)c2ccccc2n1.NS(=O)(=O)c1cc2c(cc1Cl)NC(CC1CCCC1)NS2(=O)=O. The van der Waals surface area contributed by atoms with E-state index in [2.05, 4.69) is 46.0 Å². The number of halogens is 1. The zero-order chi connectivity index (χ0) is 34.9. The molecule has 2 aliphatic rings. The number of pyridine rings is 1. The first-order chi connectivity index (χ1) is 22.9. The van der Waals surface area contributed by atoms with Crippen LogP contribution >= 0.6 is 11.6 Å². The lowest BCUT2D eigenvalue weighted by molar-refractivity contribution is 0.0950. The van der Waals surface area contributed by atoms with E-state index in [0.29, 0.717) is 42.6 Å². The summed E-state index contributed by atoms with van der Waals surface area (Å²) in [5, 5.41) is 11.9. The number of unbranched alkanes of at least 4 members (excludes halogenated alkanes) is 1. The summed E-state index contributed by atoms with van der Waals surface area (Å²) in [7, 11) is -7.92. The molecule has 1 aliphatic carbocycles. The lowest BCUT2D eigenvalue weighted by Crippen LogP contribution is -2.45. The van der Waals surface area contributed by atoms with Crippen LogP contribution in [0, 0.1) is 5.92 Å². The van der Waals surface area contributed by atoms with Crippen molar-refractivity contribution in [2.75, 3.05) is 38.1 Å². The minimum atomic E-state index is -4.10. The van der Waals surface area contributed by atoms with Crippen LogP contribution in [0.4, 0.5) is 5.69 Å². The largest absolute Gasteiger partial charge is 0.478 e. The van der Waals surface area contributed by atoms with Crippen LogP contribution in [0.1, 0.15) is 76.1 Å². The number of aromatic nitrogens is 1. The van der Waals surface area contributed by atoms with Crippen molar-refractivity contribution in [3.63, 3.8) is 0 Å². The predicted molar refractivity (Wildman–Crippen MR) is 189 cm³/mol. The van der Waals surface area contributed by atoms with Crippen molar-refractivity contribution < 1.29 is 26.4 Å². The molecule has 5 N–H and O–H groups in total. The number of ether oxygens (including phenoxy) is 1. The van der Waals surface area contributed by atoms with Crippen LogP contribution < -0.4 is 25.2 Å². The number of nitrogens with zero attached hydrogens (tertiary/aromatic N) is 2. The second-order valence-electron chi connectivity index (χ2n) is 12.0. The number of carbonyl (C=O) groups is 1. The number of carbonyl (C=O) groups excluding carboxylic acids is 1. The highest BCUT2D eigenvalue weighted by atomic mass is 35.5. The van der Waals surface area contributed by atoms with E-state index in [1.54, 1.807) is 6.07 Å². The van der Waals surface area contributed by atoms with Gasteiger partial charge < -0.3 is 20.3 Å². The number of nitrogens with two attached hydrogens (primary N) is 1. The zero-order valence-electron chi connectivity index (χ0n) is 27.8. The molecule has 48 heavy (non-hydrogen) atoms. The number of fused-ring (bicyclic) bond motifs is 2. The fourth-order valence-electron chi connectivity index (χ4n) is 5.94. The average Bonchev–Trinajstić information content (AvgIpc) is 3.55. The van der Waals surface area contributed by atoms with Crippen LogP contribution in [-0.4, -0.2) is 71.6 Å². The maximum Gasteiger partial charge on any atom is 0.252 e. The van der Waals surface area contributed by atoms with Gasteiger partial charge in [0.05, 0.1) is 34.6 Å². The molecule has 1 atom stereocenters. The Kier molecular flexibility index (Phi) is 13.5. The molecule has 3 aromatic rings. The number of amides is 1.